The van der Waals surface area contributed by atoms with Gasteiger partial charge in [-0.2, -0.15) is 0 Å². The summed E-state index contributed by atoms with van der Waals surface area (Å²) in [6.45, 7) is 1.65. The Morgan fingerprint density at radius 1 is 1.28 bits per heavy atom. The van der Waals surface area contributed by atoms with Gasteiger partial charge >= 0.3 is 0 Å². The van der Waals surface area contributed by atoms with Crippen molar-refractivity contribution in [3.8, 4) is 0 Å². The van der Waals surface area contributed by atoms with Crippen LogP contribution in [0.2, 0.25) is 0 Å². The average molecular weight is 359 g/mol. The minimum Gasteiger partial charge on any atom is -0.376 e. The fraction of sp³-hybridized carbons (Fsp3) is 0.650. The minimum absolute atomic E-state index is 0.108. The zero-order valence-electron chi connectivity index (χ0n) is 14.6. The molecule has 1 saturated heterocycles. The van der Waals surface area contributed by atoms with Crippen LogP contribution in [0.25, 0.3) is 10.2 Å². The summed E-state index contributed by atoms with van der Waals surface area (Å²) in [7, 11) is 0. The molecule has 2 aromatic rings. The molecule has 5 heteroatoms. The maximum atomic E-state index is 13.0. The SMILES string of the molecule is O=C(NC1CC2CCC1C2)c1cc2ccsc2n1CC1CCCCO1. The number of thiophene rings is 1. The van der Waals surface area contributed by atoms with E-state index in [9.17, 15) is 4.79 Å². The summed E-state index contributed by atoms with van der Waals surface area (Å²) in [5.41, 5.74) is 0.818. The van der Waals surface area contributed by atoms with Crippen LogP contribution in [0.15, 0.2) is 17.5 Å². The molecule has 1 amide bonds. The highest BCUT2D eigenvalue weighted by molar-refractivity contribution is 7.16. The zero-order chi connectivity index (χ0) is 16.8. The number of hydrogen-bond acceptors (Lipinski definition) is 3. The van der Waals surface area contributed by atoms with Gasteiger partial charge in [0.05, 0.1) is 12.6 Å². The number of nitrogens with zero attached hydrogens (tertiary/aromatic N) is 1. The van der Waals surface area contributed by atoms with Crippen molar-refractivity contribution in [2.45, 2.75) is 63.6 Å². The Labute approximate surface area is 152 Å². The summed E-state index contributed by atoms with van der Waals surface area (Å²) in [6.07, 6.45) is 8.87. The number of amides is 1. The Morgan fingerprint density at radius 2 is 2.24 bits per heavy atom. The number of hydrogen-bond donors (Lipinski definition) is 1. The highest BCUT2D eigenvalue weighted by atomic mass is 32.1. The molecule has 3 heterocycles. The maximum Gasteiger partial charge on any atom is 0.268 e. The first-order valence-corrected chi connectivity index (χ1v) is 10.6. The smallest absolute Gasteiger partial charge is 0.268 e. The van der Waals surface area contributed by atoms with Gasteiger partial charge in [-0.25, -0.2) is 0 Å². The molecule has 134 valence electrons. The van der Waals surface area contributed by atoms with Crippen molar-refractivity contribution < 1.29 is 9.53 Å². The summed E-state index contributed by atoms with van der Waals surface area (Å²) in [4.78, 5) is 14.2. The van der Waals surface area contributed by atoms with E-state index in [1.54, 1.807) is 11.3 Å². The largest absolute Gasteiger partial charge is 0.376 e. The first-order chi connectivity index (χ1) is 12.3. The third-order valence-electron chi connectivity index (χ3n) is 6.45. The molecule has 2 aliphatic carbocycles. The third kappa shape index (κ3) is 2.91. The number of ether oxygens (including phenoxy) is 1. The number of carbonyl (C=O) groups is 1. The lowest BCUT2D eigenvalue weighted by molar-refractivity contribution is 0.00643. The van der Waals surface area contributed by atoms with Crippen molar-refractivity contribution in [3.05, 3.63) is 23.2 Å². The van der Waals surface area contributed by atoms with Gasteiger partial charge in [0, 0.05) is 18.0 Å². The van der Waals surface area contributed by atoms with Crippen molar-refractivity contribution in [1.82, 2.24) is 9.88 Å². The monoisotopic (exact) mass is 358 g/mol. The van der Waals surface area contributed by atoms with E-state index in [2.05, 4.69) is 27.4 Å². The molecule has 2 saturated carbocycles. The van der Waals surface area contributed by atoms with Gasteiger partial charge in [-0.15, -0.1) is 11.3 Å². The first kappa shape index (κ1) is 15.9. The number of aromatic nitrogens is 1. The lowest BCUT2D eigenvalue weighted by atomic mass is 9.95. The molecule has 0 radical (unpaired) electrons. The Bertz CT molecular complexity index is 774. The van der Waals surface area contributed by atoms with E-state index in [-0.39, 0.29) is 12.0 Å². The van der Waals surface area contributed by atoms with E-state index < -0.39 is 0 Å². The fourth-order valence-corrected chi connectivity index (χ4v) is 6.07. The van der Waals surface area contributed by atoms with Crippen LogP contribution in [-0.4, -0.2) is 29.2 Å². The maximum absolute atomic E-state index is 13.0. The topological polar surface area (TPSA) is 43.3 Å². The number of carbonyl (C=O) groups excluding carboxylic acids is 1. The normalized spacial score (nSPS) is 31.7. The van der Waals surface area contributed by atoms with Crippen molar-refractivity contribution in [1.29, 1.82) is 0 Å². The van der Waals surface area contributed by atoms with Crippen molar-refractivity contribution >= 4 is 27.5 Å². The number of nitrogens with one attached hydrogen (secondary N) is 1. The van der Waals surface area contributed by atoms with E-state index in [0.717, 1.165) is 37.6 Å². The van der Waals surface area contributed by atoms with Crippen molar-refractivity contribution in [3.63, 3.8) is 0 Å². The van der Waals surface area contributed by atoms with Gasteiger partial charge in [0.1, 0.15) is 10.5 Å². The minimum atomic E-state index is 0.108. The molecule has 1 aliphatic heterocycles. The molecule has 5 rings (SSSR count). The van der Waals surface area contributed by atoms with Crippen LogP contribution in [0.3, 0.4) is 0 Å². The first-order valence-electron chi connectivity index (χ1n) is 9.77. The Kier molecular flexibility index (Phi) is 4.09. The summed E-state index contributed by atoms with van der Waals surface area (Å²) in [5, 5.41) is 6.65. The summed E-state index contributed by atoms with van der Waals surface area (Å²) in [5.74, 6) is 1.66. The van der Waals surface area contributed by atoms with Crippen LogP contribution in [-0.2, 0) is 11.3 Å². The van der Waals surface area contributed by atoms with Gasteiger partial charge in [-0.05, 0) is 67.9 Å². The van der Waals surface area contributed by atoms with Gasteiger partial charge in [0.2, 0.25) is 0 Å². The molecule has 2 aromatic heterocycles. The van der Waals surface area contributed by atoms with E-state index in [0.29, 0.717) is 12.0 Å². The molecule has 3 aliphatic rings. The zero-order valence-corrected chi connectivity index (χ0v) is 15.4. The highest BCUT2D eigenvalue weighted by Gasteiger charge is 2.40. The molecular formula is C20H26N2O2S. The van der Waals surface area contributed by atoms with Gasteiger partial charge in [-0.3, -0.25) is 4.79 Å². The lowest BCUT2D eigenvalue weighted by Gasteiger charge is -2.25. The average Bonchev–Trinajstić information content (AvgIpc) is 3.37. The van der Waals surface area contributed by atoms with Gasteiger partial charge < -0.3 is 14.6 Å². The molecule has 0 spiro atoms. The van der Waals surface area contributed by atoms with E-state index >= 15 is 0 Å². The second-order valence-corrected chi connectivity index (χ2v) is 8.96. The fourth-order valence-electron chi connectivity index (χ4n) is 5.16. The quantitative estimate of drug-likeness (QED) is 0.890. The molecular weight excluding hydrogens is 332 g/mol. The second kappa shape index (κ2) is 6.44. The Morgan fingerprint density at radius 3 is 3.00 bits per heavy atom. The predicted octanol–water partition coefficient (Wildman–Crippen LogP) is 4.19. The molecule has 1 N–H and O–H groups in total. The third-order valence-corrected chi connectivity index (χ3v) is 7.40. The van der Waals surface area contributed by atoms with Crippen LogP contribution >= 0.6 is 11.3 Å². The van der Waals surface area contributed by atoms with Gasteiger partial charge in [0.15, 0.2) is 0 Å². The lowest BCUT2D eigenvalue weighted by Crippen LogP contribution is -2.39. The second-order valence-electron chi connectivity index (χ2n) is 8.06. The van der Waals surface area contributed by atoms with Gasteiger partial charge in [0.25, 0.3) is 5.91 Å². The summed E-state index contributed by atoms with van der Waals surface area (Å²) >= 11 is 1.72. The number of rotatable bonds is 4. The molecule has 0 aromatic carbocycles. The molecule has 25 heavy (non-hydrogen) atoms. The van der Waals surface area contributed by atoms with E-state index in [1.807, 2.05) is 0 Å². The molecule has 3 fully saturated rings. The number of fused-ring (bicyclic) bond motifs is 3. The molecule has 4 atom stereocenters. The molecule has 4 unspecified atom stereocenters. The van der Waals surface area contributed by atoms with Crippen LogP contribution in [0.5, 0.6) is 0 Å². The molecule has 2 bridgehead atoms. The van der Waals surface area contributed by atoms with Crippen LogP contribution in [0, 0.1) is 11.8 Å². The van der Waals surface area contributed by atoms with Crippen molar-refractivity contribution in [2.24, 2.45) is 11.8 Å². The predicted molar refractivity (Wildman–Crippen MR) is 100 cm³/mol. The van der Waals surface area contributed by atoms with Crippen LogP contribution in [0.1, 0.15) is 55.4 Å². The Hall–Kier alpha value is -1.33. The van der Waals surface area contributed by atoms with E-state index in [4.69, 9.17) is 4.74 Å². The van der Waals surface area contributed by atoms with E-state index in [1.165, 1.54) is 42.3 Å². The van der Waals surface area contributed by atoms with Crippen LogP contribution < -0.4 is 5.32 Å². The summed E-state index contributed by atoms with van der Waals surface area (Å²) < 4.78 is 8.14. The van der Waals surface area contributed by atoms with Gasteiger partial charge in [-0.1, -0.05) is 6.42 Å². The van der Waals surface area contributed by atoms with Crippen molar-refractivity contribution in [2.75, 3.05) is 6.61 Å². The Balaban J connectivity index is 1.38. The van der Waals surface area contributed by atoms with Crippen LogP contribution in [0.4, 0.5) is 0 Å². The molecule has 4 nitrogen and oxygen atoms in total. The summed E-state index contributed by atoms with van der Waals surface area (Å²) in [6, 6.07) is 4.57. The highest BCUT2D eigenvalue weighted by Crippen LogP contribution is 2.44. The standard InChI is InChI=1S/C20H26N2O2S/c23-19(21-17-10-13-4-5-14(17)9-13)18-11-15-6-8-25-20(15)22(18)12-16-3-1-2-7-24-16/h6,8,11,13-14,16-17H,1-5,7,9-10,12H2,(H,21,23).